The minimum Gasteiger partial charge on any atom is -0.388 e. The van der Waals surface area contributed by atoms with Gasteiger partial charge in [0, 0.05) is 18.9 Å². The summed E-state index contributed by atoms with van der Waals surface area (Å²) < 4.78 is 19.4. The van der Waals surface area contributed by atoms with Gasteiger partial charge in [0.25, 0.3) is 0 Å². The molecule has 2 rings (SSSR count). The number of alkyl halides is 1. The van der Waals surface area contributed by atoms with Gasteiger partial charge in [0.2, 0.25) is 0 Å². The zero-order valence-electron chi connectivity index (χ0n) is 15.6. The van der Waals surface area contributed by atoms with Gasteiger partial charge in [-0.25, -0.2) is 4.39 Å². The van der Waals surface area contributed by atoms with E-state index in [0.29, 0.717) is 0 Å². The van der Waals surface area contributed by atoms with Gasteiger partial charge in [-0.15, -0.1) is 0 Å². The summed E-state index contributed by atoms with van der Waals surface area (Å²) in [6.45, 7) is 6.85. The molecule has 4 heteroatoms. The number of hydrogen-bond donors (Lipinski definition) is 1. The first-order chi connectivity index (χ1) is 11.7. The highest BCUT2D eigenvalue weighted by Gasteiger charge is 2.27. The van der Waals surface area contributed by atoms with E-state index in [0.717, 1.165) is 22.5 Å². The van der Waals surface area contributed by atoms with E-state index in [2.05, 4.69) is 22.4 Å². The normalized spacial score (nSPS) is 12.6. The molecule has 0 atom stereocenters. The Morgan fingerprint density at radius 2 is 1.60 bits per heavy atom. The van der Waals surface area contributed by atoms with Gasteiger partial charge in [0.05, 0.1) is 12.3 Å². The molecule has 0 fully saturated rings. The van der Waals surface area contributed by atoms with Crippen LogP contribution in [-0.2, 0) is 10.3 Å². The Morgan fingerprint density at radius 3 is 2.12 bits per heavy atom. The quantitative estimate of drug-likeness (QED) is 0.742. The Balaban J connectivity index is 2.04. The third-order valence-corrected chi connectivity index (χ3v) is 3.85. The highest BCUT2D eigenvalue weighted by Crippen LogP contribution is 2.25. The molecule has 1 N–H and O–H groups in total. The van der Waals surface area contributed by atoms with Crippen LogP contribution in [0.2, 0.25) is 0 Å². The molecule has 1 aromatic carbocycles. The maximum Gasteiger partial charge on any atom is 0.128 e. The number of halogens is 1. The molecule has 0 aliphatic carbocycles. The molecule has 1 heterocycles. The molecule has 0 spiro atoms. The van der Waals surface area contributed by atoms with Crippen molar-refractivity contribution in [3.05, 3.63) is 59.4 Å². The molecular formula is C21H27FN2O. The summed E-state index contributed by atoms with van der Waals surface area (Å²) in [6, 6.07) is 12.1. The van der Waals surface area contributed by atoms with Gasteiger partial charge in [-0.3, -0.25) is 4.98 Å². The smallest absolute Gasteiger partial charge is 0.128 e. The van der Waals surface area contributed by atoms with Crippen LogP contribution in [0.25, 0.3) is 12.2 Å². The zero-order valence-corrected chi connectivity index (χ0v) is 15.6. The lowest BCUT2D eigenvalue weighted by atomic mass is 10.0. The monoisotopic (exact) mass is 342 g/mol. The minimum absolute atomic E-state index is 0.0337. The Hall–Kier alpha value is -2.20. The van der Waals surface area contributed by atoms with Crippen LogP contribution in [0.4, 0.5) is 10.1 Å². The average Bonchev–Trinajstić information content (AvgIpc) is 2.58. The van der Waals surface area contributed by atoms with Crippen LogP contribution in [0, 0.1) is 0 Å². The van der Waals surface area contributed by atoms with Crippen molar-refractivity contribution >= 4 is 17.8 Å². The number of ether oxygens (including phenoxy) is 1. The fraction of sp³-hybridized carbons (Fsp3) is 0.381. The van der Waals surface area contributed by atoms with Gasteiger partial charge >= 0.3 is 0 Å². The summed E-state index contributed by atoms with van der Waals surface area (Å²) in [5.74, 6) is 0. The van der Waals surface area contributed by atoms with E-state index in [-0.39, 0.29) is 6.61 Å². The van der Waals surface area contributed by atoms with Crippen molar-refractivity contribution in [2.24, 2.45) is 0 Å². The van der Waals surface area contributed by atoms with Crippen molar-refractivity contribution in [3.8, 4) is 0 Å². The second-order valence-electron chi connectivity index (χ2n) is 7.20. The van der Waals surface area contributed by atoms with Crippen molar-refractivity contribution in [1.29, 1.82) is 0 Å². The minimum atomic E-state index is -1.36. The van der Waals surface area contributed by atoms with E-state index in [1.54, 1.807) is 6.20 Å². The fourth-order valence-electron chi connectivity index (χ4n) is 2.24. The van der Waals surface area contributed by atoms with Crippen LogP contribution in [0.1, 0.15) is 44.5 Å². The Labute approximate surface area is 149 Å². The molecule has 1 aromatic heterocycles. The summed E-state index contributed by atoms with van der Waals surface area (Å²) in [5.41, 5.74) is 2.01. The van der Waals surface area contributed by atoms with Crippen LogP contribution in [0.3, 0.4) is 0 Å². The van der Waals surface area contributed by atoms with Crippen molar-refractivity contribution in [1.82, 2.24) is 4.98 Å². The van der Waals surface area contributed by atoms with E-state index in [4.69, 9.17) is 4.74 Å². The third kappa shape index (κ3) is 5.98. The van der Waals surface area contributed by atoms with Crippen LogP contribution in [0.5, 0.6) is 0 Å². The largest absolute Gasteiger partial charge is 0.388 e. The lowest BCUT2D eigenvalue weighted by Gasteiger charge is -2.27. The van der Waals surface area contributed by atoms with E-state index in [1.165, 1.54) is 13.8 Å². The second kappa shape index (κ2) is 7.79. The molecule has 0 aliphatic heterocycles. The molecule has 0 unspecified atom stereocenters. The number of nitrogens with zero attached hydrogens (tertiary/aromatic N) is 1. The van der Waals surface area contributed by atoms with E-state index >= 15 is 0 Å². The maximum absolute atomic E-state index is 13.6. The maximum atomic E-state index is 13.6. The molecule has 134 valence electrons. The van der Waals surface area contributed by atoms with Crippen LogP contribution < -0.4 is 5.32 Å². The van der Waals surface area contributed by atoms with E-state index < -0.39 is 11.3 Å². The van der Waals surface area contributed by atoms with Gasteiger partial charge in [-0.05, 0) is 57.0 Å². The molecule has 0 bridgehead atoms. The Bertz CT molecular complexity index is 698. The number of anilines is 1. The van der Waals surface area contributed by atoms with Gasteiger partial charge in [-0.2, -0.15) is 0 Å². The zero-order chi connectivity index (χ0) is 18.5. The SMILES string of the molecule is CNc1ccc(/C=C/c2ccc(C(C)(C)OCC(C)(C)F)nc2)cc1. The first kappa shape index (κ1) is 19.1. The molecule has 0 saturated heterocycles. The van der Waals surface area contributed by atoms with Crippen molar-refractivity contribution in [2.75, 3.05) is 19.0 Å². The van der Waals surface area contributed by atoms with Crippen molar-refractivity contribution < 1.29 is 9.13 Å². The molecule has 2 aromatic rings. The van der Waals surface area contributed by atoms with E-state index in [1.807, 2.05) is 57.3 Å². The number of nitrogens with one attached hydrogen (secondary N) is 1. The van der Waals surface area contributed by atoms with Crippen molar-refractivity contribution in [2.45, 2.75) is 39.0 Å². The number of aromatic nitrogens is 1. The predicted molar refractivity (Wildman–Crippen MR) is 103 cm³/mol. The van der Waals surface area contributed by atoms with Crippen LogP contribution in [0.15, 0.2) is 42.6 Å². The van der Waals surface area contributed by atoms with Gasteiger partial charge in [-0.1, -0.05) is 30.4 Å². The molecule has 0 saturated carbocycles. The second-order valence-corrected chi connectivity index (χ2v) is 7.20. The Kier molecular flexibility index (Phi) is 5.96. The summed E-state index contributed by atoms with van der Waals surface area (Å²) in [7, 11) is 1.90. The average molecular weight is 342 g/mol. The molecule has 0 amide bonds. The van der Waals surface area contributed by atoms with E-state index in [9.17, 15) is 4.39 Å². The third-order valence-electron chi connectivity index (χ3n) is 3.85. The summed E-state index contributed by atoms with van der Waals surface area (Å²) in [4.78, 5) is 4.48. The highest BCUT2D eigenvalue weighted by molar-refractivity contribution is 5.70. The molecule has 25 heavy (non-hydrogen) atoms. The number of rotatable bonds is 7. The lowest BCUT2D eigenvalue weighted by molar-refractivity contribution is -0.0696. The molecular weight excluding hydrogens is 315 g/mol. The standard InChI is InChI=1S/C21H27FN2O/c1-20(2,22)15-25-21(3,4)19-13-10-17(14-24-19)7-6-16-8-11-18(23-5)12-9-16/h6-14,23H,15H2,1-5H3/b7-6+. The van der Waals surface area contributed by atoms with Crippen LogP contribution in [-0.4, -0.2) is 24.3 Å². The van der Waals surface area contributed by atoms with Gasteiger partial charge in [0.15, 0.2) is 0 Å². The predicted octanol–water partition coefficient (Wildman–Crippen LogP) is 5.29. The summed E-state index contributed by atoms with van der Waals surface area (Å²) >= 11 is 0. The lowest BCUT2D eigenvalue weighted by Crippen LogP contribution is -2.30. The summed E-state index contributed by atoms with van der Waals surface area (Å²) in [6.07, 6.45) is 5.87. The summed E-state index contributed by atoms with van der Waals surface area (Å²) in [5, 5.41) is 3.10. The number of benzene rings is 1. The number of hydrogen-bond acceptors (Lipinski definition) is 3. The van der Waals surface area contributed by atoms with Gasteiger partial charge in [0.1, 0.15) is 11.3 Å². The van der Waals surface area contributed by atoms with Crippen LogP contribution >= 0.6 is 0 Å². The highest BCUT2D eigenvalue weighted by atomic mass is 19.1. The molecule has 3 nitrogen and oxygen atoms in total. The molecule has 0 aliphatic rings. The fourth-order valence-corrected chi connectivity index (χ4v) is 2.24. The van der Waals surface area contributed by atoms with Gasteiger partial charge < -0.3 is 10.1 Å². The number of pyridine rings is 1. The topological polar surface area (TPSA) is 34.1 Å². The molecule has 0 radical (unpaired) electrons. The Morgan fingerprint density at radius 1 is 1.00 bits per heavy atom. The first-order valence-corrected chi connectivity index (χ1v) is 8.45. The van der Waals surface area contributed by atoms with Crippen molar-refractivity contribution in [3.63, 3.8) is 0 Å². The first-order valence-electron chi connectivity index (χ1n) is 8.45.